The Labute approximate surface area is 152 Å². The molecule has 0 radical (unpaired) electrons. The quantitative estimate of drug-likeness (QED) is 0.907. The van der Waals surface area contributed by atoms with Crippen molar-refractivity contribution in [3.63, 3.8) is 0 Å². The van der Waals surface area contributed by atoms with E-state index in [2.05, 4.69) is 53.2 Å². The van der Waals surface area contributed by atoms with Crippen molar-refractivity contribution in [1.82, 2.24) is 9.80 Å². The van der Waals surface area contributed by atoms with Crippen LogP contribution in [0.4, 0.5) is 5.69 Å². The van der Waals surface area contributed by atoms with E-state index in [-0.39, 0.29) is 0 Å². The first kappa shape index (κ1) is 17.3. The van der Waals surface area contributed by atoms with E-state index in [9.17, 15) is 0 Å². The average molecular weight is 344 g/mol. The third-order valence-electron chi connectivity index (χ3n) is 6.02. The fourth-order valence-corrected chi connectivity index (χ4v) is 5.02. The summed E-state index contributed by atoms with van der Waals surface area (Å²) in [6, 6.07) is 10.5. The molecule has 4 heteroatoms. The van der Waals surface area contributed by atoms with Crippen molar-refractivity contribution in [3.05, 3.63) is 29.8 Å². The maximum atomic E-state index is 5.85. The Morgan fingerprint density at radius 3 is 2.80 bits per heavy atom. The molecule has 0 spiro atoms. The monoisotopic (exact) mass is 343 g/mol. The second-order valence-corrected chi connectivity index (χ2v) is 8.35. The van der Waals surface area contributed by atoms with Crippen LogP contribution in [0.5, 0.6) is 0 Å². The van der Waals surface area contributed by atoms with E-state index in [1.165, 1.54) is 50.0 Å². The Bertz CT molecular complexity index is 568. The molecule has 1 N–H and O–H groups in total. The van der Waals surface area contributed by atoms with Gasteiger partial charge in [0.15, 0.2) is 0 Å². The zero-order chi connectivity index (χ0) is 17.2. The minimum Gasteiger partial charge on any atom is -0.382 e. The van der Waals surface area contributed by atoms with Gasteiger partial charge < -0.3 is 15.0 Å². The zero-order valence-corrected chi connectivity index (χ0v) is 15.8. The Balaban J connectivity index is 1.35. The van der Waals surface area contributed by atoms with E-state index in [4.69, 9.17) is 4.74 Å². The summed E-state index contributed by atoms with van der Waals surface area (Å²) in [5.74, 6) is 0. The first-order valence-corrected chi connectivity index (χ1v) is 10.1. The lowest BCUT2D eigenvalue weighted by atomic mass is 9.97. The van der Waals surface area contributed by atoms with Crippen LogP contribution >= 0.6 is 0 Å². The van der Waals surface area contributed by atoms with E-state index in [0.29, 0.717) is 18.2 Å². The molecule has 0 amide bonds. The van der Waals surface area contributed by atoms with E-state index in [0.717, 1.165) is 25.7 Å². The predicted molar refractivity (Wildman–Crippen MR) is 103 cm³/mol. The lowest BCUT2D eigenvalue weighted by Gasteiger charge is -2.36. The molecule has 3 heterocycles. The summed E-state index contributed by atoms with van der Waals surface area (Å²) in [5.41, 5.74) is 2.70. The Morgan fingerprint density at radius 1 is 1.12 bits per heavy atom. The SMILES string of the molecule is C[C@@H]1CN(Cc2cccc(N[C@@H]3CCN4CCC[C@H]4C3)c2)C[C@@H](C)O1. The van der Waals surface area contributed by atoms with Crippen LogP contribution in [0.1, 0.15) is 45.1 Å². The van der Waals surface area contributed by atoms with Crippen molar-refractivity contribution in [2.24, 2.45) is 0 Å². The molecule has 3 aliphatic heterocycles. The van der Waals surface area contributed by atoms with E-state index in [1.54, 1.807) is 0 Å². The Morgan fingerprint density at radius 2 is 1.96 bits per heavy atom. The summed E-state index contributed by atoms with van der Waals surface area (Å²) in [4.78, 5) is 5.21. The molecule has 4 nitrogen and oxygen atoms in total. The van der Waals surface area contributed by atoms with Crippen molar-refractivity contribution in [2.45, 2.75) is 70.4 Å². The van der Waals surface area contributed by atoms with Crippen LogP contribution in [-0.4, -0.2) is 60.3 Å². The number of rotatable bonds is 4. The molecule has 0 unspecified atom stereocenters. The molecular formula is C21H33N3O. The number of nitrogens with zero attached hydrogens (tertiary/aromatic N) is 2. The van der Waals surface area contributed by atoms with E-state index in [1.807, 2.05) is 0 Å². The number of ether oxygens (including phenoxy) is 1. The number of hydrogen-bond donors (Lipinski definition) is 1. The topological polar surface area (TPSA) is 27.7 Å². The molecule has 4 rings (SSSR count). The van der Waals surface area contributed by atoms with Crippen molar-refractivity contribution >= 4 is 5.69 Å². The molecule has 138 valence electrons. The lowest BCUT2D eigenvalue weighted by Crippen LogP contribution is -2.44. The Hall–Kier alpha value is -1.10. The van der Waals surface area contributed by atoms with Gasteiger partial charge >= 0.3 is 0 Å². The van der Waals surface area contributed by atoms with Gasteiger partial charge in [0.25, 0.3) is 0 Å². The number of piperidine rings is 1. The minimum absolute atomic E-state index is 0.335. The largest absolute Gasteiger partial charge is 0.382 e. The van der Waals surface area contributed by atoms with Gasteiger partial charge in [-0.15, -0.1) is 0 Å². The second-order valence-electron chi connectivity index (χ2n) is 8.35. The summed E-state index contributed by atoms with van der Waals surface area (Å²) in [6.45, 7) is 10.0. The highest BCUT2D eigenvalue weighted by Crippen LogP contribution is 2.28. The van der Waals surface area contributed by atoms with Crippen LogP contribution in [0.15, 0.2) is 24.3 Å². The van der Waals surface area contributed by atoms with Gasteiger partial charge in [0.05, 0.1) is 12.2 Å². The number of hydrogen-bond acceptors (Lipinski definition) is 4. The zero-order valence-electron chi connectivity index (χ0n) is 15.8. The summed E-state index contributed by atoms with van der Waals surface area (Å²) >= 11 is 0. The van der Waals surface area contributed by atoms with Crippen molar-refractivity contribution in [3.8, 4) is 0 Å². The summed E-state index contributed by atoms with van der Waals surface area (Å²) in [5, 5.41) is 3.82. The molecule has 25 heavy (non-hydrogen) atoms. The highest BCUT2D eigenvalue weighted by Gasteiger charge is 2.31. The van der Waals surface area contributed by atoms with Crippen molar-refractivity contribution < 1.29 is 4.74 Å². The summed E-state index contributed by atoms with van der Waals surface area (Å²) in [6.07, 6.45) is 6.04. The maximum absolute atomic E-state index is 5.85. The highest BCUT2D eigenvalue weighted by atomic mass is 16.5. The fraction of sp³-hybridized carbons (Fsp3) is 0.714. The normalized spacial score (nSPS) is 34.0. The molecule has 3 saturated heterocycles. The van der Waals surface area contributed by atoms with Crippen LogP contribution in [0.3, 0.4) is 0 Å². The average Bonchev–Trinajstić information content (AvgIpc) is 3.02. The smallest absolute Gasteiger partial charge is 0.0678 e. The fourth-order valence-electron chi connectivity index (χ4n) is 5.02. The van der Waals surface area contributed by atoms with Gasteiger partial charge in [-0.1, -0.05) is 12.1 Å². The van der Waals surface area contributed by atoms with Gasteiger partial charge in [0, 0.05) is 44.0 Å². The highest BCUT2D eigenvalue weighted by molar-refractivity contribution is 5.46. The van der Waals surface area contributed by atoms with Crippen LogP contribution in [-0.2, 0) is 11.3 Å². The van der Waals surface area contributed by atoms with Gasteiger partial charge in [-0.05, 0) is 63.8 Å². The first-order chi connectivity index (χ1) is 12.2. The van der Waals surface area contributed by atoms with Gasteiger partial charge in [-0.2, -0.15) is 0 Å². The van der Waals surface area contributed by atoms with Crippen LogP contribution < -0.4 is 5.32 Å². The number of nitrogens with one attached hydrogen (secondary N) is 1. The van der Waals surface area contributed by atoms with Crippen LogP contribution in [0.2, 0.25) is 0 Å². The number of fused-ring (bicyclic) bond motifs is 1. The van der Waals surface area contributed by atoms with Gasteiger partial charge in [0.1, 0.15) is 0 Å². The second kappa shape index (κ2) is 7.65. The number of benzene rings is 1. The van der Waals surface area contributed by atoms with Gasteiger partial charge in [-0.3, -0.25) is 4.90 Å². The number of morpholine rings is 1. The molecule has 3 fully saturated rings. The minimum atomic E-state index is 0.335. The predicted octanol–water partition coefficient (Wildman–Crippen LogP) is 3.33. The third-order valence-corrected chi connectivity index (χ3v) is 6.02. The molecule has 3 aliphatic rings. The standard InChI is InChI=1S/C21H33N3O/c1-16-13-23(14-17(2)25-16)15-18-5-3-6-19(11-18)22-20-8-10-24-9-4-7-21(24)12-20/h3,5-6,11,16-17,20-22H,4,7-10,12-15H2,1-2H3/t16-,17-,20-,21+/m1/s1. The van der Waals surface area contributed by atoms with E-state index < -0.39 is 0 Å². The molecule has 1 aromatic carbocycles. The molecule has 0 aliphatic carbocycles. The van der Waals surface area contributed by atoms with Crippen molar-refractivity contribution in [2.75, 3.05) is 31.5 Å². The number of anilines is 1. The summed E-state index contributed by atoms with van der Waals surface area (Å²) < 4.78 is 5.85. The van der Waals surface area contributed by atoms with Gasteiger partial charge in [-0.25, -0.2) is 0 Å². The van der Waals surface area contributed by atoms with Crippen LogP contribution in [0, 0.1) is 0 Å². The maximum Gasteiger partial charge on any atom is 0.0678 e. The molecule has 0 bridgehead atoms. The molecule has 4 atom stereocenters. The lowest BCUT2D eigenvalue weighted by molar-refractivity contribution is -0.0704. The molecule has 0 saturated carbocycles. The van der Waals surface area contributed by atoms with Gasteiger partial charge in [0.2, 0.25) is 0 Å². The first-order valence-electron chi connectivity index (χ1n) is 10.1. The van der Waals surface area contributed by atoms with Crippen LogP contribution in [0.25, 0.3) is 0 Å². The molecular weight excluding hydrogens is 310 g/mol. The van der Waals surface area contributed by atoms with Crippen molar-refractivity contribution in [1.29, 1.82) is 0 Å². The molecule has 0 aromatic heterocycles. The Kier molecular flexibility index (Phi) is 5.30. The summed E-state index contributed by atoms with van der Waals surface area (Å²) in [7, 11) is 0. The van der Waals surface area contributed by atoms with E-state index >= 15 is 0 Å². The third kappa shape index (κ3) is 4.36. The molecule has 1 aromatic rings.